The number of hydrogen-bond donors (Lipinski definition) is 0. The van der Waals surface area contributed by atoms with Crippen LogP contribution in [-0.4, -0.2) is 25.1 Å². The van der Waals surface area contributed by atoms with Crippen molar-refractivity contribution in [2.24, 2.45) is 0 Å². The van der Waals surface area contributed by atoms with E-state index in [0.717, 1.165) is 37.6 Å². The van der Waals surface area contributed by atoms with Gasteiger partial charge in [0, 0.05) is 13.1 Å². The normalized spacial score (nSPS) is 11.2. The summed E-state index contributed by atoms with van der Waals surface area (Å²) in [5.41, 5.74) is 1.26. The number of furan rings is 1. The molecule has 0 saturated heterocycles. The van der Waals surface area contributed by atoms with Gasteiger partial charge in [-0.3, -0.25) is 4.90 Å². The van der Waals surface area contributed by atoms with E-state index in [0.29, 0.717) is 6.54 Å². The van der Waals surface area contributed by atoms with Crippen LogP contribution < -0.4 is 0 Å². The summed E-state index contributed by atoms with van der Waals surface area (Å²) < 4.78 is 7.37. The minimum atomic E-state index is 0.683. The number of aromatic nitrogens is 4. The van der Waals surface area contributed by atoms with Crippen molar-refractivity contribution in [1.82, 2.24) is 25.1 Å². The summed E-state index contributed by atoms with van der Waals surface area (Å²) in [6, 6.07) is 14.3. The Labute approximate surface area is 135 Å². The molecule has 0 aliphatic carbocycles. The fourth-order valence-electron chi connectivity index (χ4n) is 2.55. The van der Waals surface area contributed by atoms with E-state index < -0.39 is 0 Å². The number of nitrogens with zero attached hydrogens (tertiary/aromatic N) is 5. The Morgan fingerprint density at radius 2 is 1.91 bits per heavy atom. The Kier molecular flexibility index (Phi) is 5.16. The third kappa shape index (κ3) is 4.26. The highest BCUT2D eigenvalue weighted by Crippen LogP contribution is 2.13. The van der Waals surface area contributed by atoms with Crippen molar-refractivity contribution in [2.45, 2.75) is 39.5 Å². The molecule has 0 aliphatic heterocycles. The lowest BCUT2D eigenvalue weighted by atomic mass is 10.2. The van der Waals surface area contributed by atoms with E-state index in [-0.39, 0.29) is 0 Å². The lowest BCUT2D eigenvalue weighted by Crippen LogP contribution is -2.24. The van der Waals surface area contributed by atoms with Crippen molar-refractivity contribution in [3.63, 3.8) is 0 Å². The Bertz CT molecular complexity index is 693. The monoisotopic (exact) mass is 311 g/mol. The van der Waals surface area contributed by atoms with Gasteiger partial charge in [-0.1, -0.05) is 37.3 Å². The predicted molar refractivity (Wildman–Crippen MR) is 86.2 cm³/mol. The first-order chi connectivity index (χ1) is 11.3. The average Bonchev–Trinajstić information content (AvgIpc) is 3.21. The molecule has 0 bridgehead atoms. The van der Waals surface area contributed by atoms with E-state index in [1.807, 2.05) is 22.9 Å². The molecule has 0 aliphatic rings. The molecule has 120 valence electrons. The first-order valence-electron chi connectivity index (χ1n) is 7.89. The van der Waals surface area contributed by atoms with E-state index >= 15 is 0 Å². The third-order valence-electron chi connectivity index (χ3n) is 3.62. The van der Waals surface area contributed by atoms with Gasteiger partial charge in [0.1, 0.15) is 5.76 Å². The van der Waals surface area contributed by atoms with Gasteiger partial charge in [-0.15, -0.1) is 5.10 Å². The quantitative estimate of drug-likeness (QED) is 0.640. The number of hydrogen-bond acceptors (Lipinski definition) is 5. The molecule has 2 heterocycles. The van der Waals surface area contributed by atoms with Crippen LogP contribution >= 0.6 is 0 Å². The summed E-state index contributed by atoms with van der Waals surface area (Å²) in [6.07, 6.45) is 2.71. The van der Waals surface area contributed by atoms with Crippen molar-refractivity contribution < 1.29 is 4.42 Å². The molecular weight excluding hydrogens is 290 g/mol. The van der Waals surface area contributed by atoms with Gasteiger partial charge in [-0.05, 0) is 34.5 Å². The van der Waals surface area contributed by atoms with Gasteiger partial charge in [0.25, 0.3) is 0 Å². The van der Waals surface area contributed by atoms with Crippen LogP contribution in [0.4, 0.5) is 0 Å². The van der Waals surface area contributed by atoms with Gasteiger partial charge in [0.2, 0.25) is 0 Å². The van der Waals surface area contributed by atoms with E-state index in [1.165, 1.54) is 5.56 Å². The summed E-state index contributed by atoms with van der Waals surface area (Å²) in [4.78, 5) is 2.28. The smallest absolute Gasteiger partial charge is 0.165 e. The van der Waals surface area contributed by atoms with Crippen molar-refractivity contribution >= 4 is 0 Å². The van der Waals surface area contributed by atoms with Crippen molar-refractivity contribution in [3.8, 4) is 0 Å². The van der Waals surface area contributed by atoms with Crippen LogP contribution in [0, 0.1) is 0 Å². The number of benzene rings is 1. The van der Waals surface area contributed by atoms with Crippen LogP contribution in [0.2, 0.25) is 0 Å². The van der Waals surface area contributed by atoms with Gasteiger partial charge in [-0.2, -0.15) is 0 Å². The second-order valence-electron chi connectivity index (χ2n) is 5.53. The van der Waals surface area contributed by atoms with Crippen molar-refractivity contribution in [2.75, 3.05) is 0 Å². The first-order valence-corrected chi connectivity index (χ1v) is 7.89. The zero-order valence-electron chi connectivity index (χ0n) is 13.3. The third-order valence-corrected chi connectivity index (χ3v) is 3.62. The standard InChI is InChI=1S/C17H21N5O/c1-2-10-22-17(18-19-20-22)14-21(13-16-9-6-11-23-16)12-15-7-4-3-5-8-15/h3-9,11H,2,10,12-14H2,1H3. The maximum atomic E-state index is 5.50. The number of tetrazole rings is 1. The summed E-state index contributed by atoms with van der Waals surface area (Å²) in [7, 11) is 0. The van der Waals surface area contributed by atoms with Crippen LogP contribution in [0.25, 0.3) is 0 Å². The fourth-order valence-corrected chi connectivity index (χ4v) is 2.55. The van der Waals surface area contributed by atoms with Gasteiger partial charge in [-0.25, -0.2) is 4.68 Å². The SMILES string of the molecule is CCCn1nnnc1CN(Cc1ccccc1)Cc1ccco1. The molecule has 23 heavy (non-hydrogen) atoms. The minimum absolute atomic E-state index is 0.683. The first kappa shape index (κ1) is 15.4. The molecule has 0 spiro atoms. The molecule has 0 unspecified atom stereocenters. The van der Waals surface area contributed by atoms with E-state index in [2.05, 4.69) is 51.6 Å². The zero-order valence-corrected chi connectivity index (χ0v) is 13.3. The maximum absolute atomic E-state index is 5.50. The van der Waals surface area contributed by atoms with E-state index in [1.54, 1.807) is 6.26 Å². The molecular formula is C17H21N5O. The lowest BCUT2D eigenvalue weighted by Gasteiger charge is -2.20. The van der Waals surface area contributed by atoms with Crippen LogP contribution in [-0.2, 0) is 26.2 Å². The molecule has 0 fully saturated rings. The molecule has 2 aromatic heterocycles. The number of aryl methyl sites for hydroxylation is 1. The van der Waals surface area contributed by atoms with Crippen LogP contribution in [0.3, 0.4) is 0 Å². The van der Waals surface area contributed by atoms with Gasteiger partial charge in [0.15, 0.2) is 5.82 Å². The highest BCUT2D eigenvalue weighted by molar-refractivity contribution is 5.14. The highest BCUT2D eigenvalue weighted by Gasteiger charge is 2.14. The topological polar surface area (TPSA) is 60.0 Å². The van der Waals surface area contributed by atoms with Crippen molar-refractivity contribution in [3.05, 3.63) is 65.9 Å². The number of rotatable bonds is 8. The van der Waals surface area contributed by atoms with Gasteiger partial charge in [0.05, 0.1) is 19.4 Å². The van der Waals surface area contributed by atoms with Crippen LogP contribution in [0.1, 0.15) is 30.5 Å². The highest BCUT2D eigenvalue weighted by atomic mass is 16.3. The minimum Gasteiger partial charge on any atom is -0.468 e. The van der Waals surface area contributed by atoms with E-state index in [9.17, 15) is 0 Å². The molecule has 6 heteroatoms. The Morgan fingerprint density at radius 1 is 1.04 bits per heavy atom. The molecule has 0 amide bonds. The predicted octanol–water partition coefficient (Wildman–Crippen LogP) is 2.88. The van der Waals surface area contributed by atoms with Crippen molar-refractivity contribution in [1.29, 1.82) is 0 Å². The molecule has 3 aromatic rings. The molecule has 3 rings (SSSR count). The van der Waals surface area contributed by atoms with Gasteiger partial charge < -0.3 is 4.42 Å². The second-order valence-corrected chi connectivity index (χ2v) is 5.53. The Morgan fingerprint density at radius 3 is 2.65 bits per heavy atom. The molecule has 6 nitrogen and oxygen atoms in total. The molecule has 0 radical (unpaired) electrons. The molecule has 0 saturated carbocycles. The fraction of sp³-hybridized carbons (Fsp3) is 0.353. The van der Waals surface area contributed by atoms with Crippen LogP contribution in [0.5, 0.6) is 0 Å². The largest absolute Gasteiger partial charge is 0.468 e. The lowest BCUT2D eigenvalue weighted by molar-refractivity contribution is 0.217. The second kappa shape index (κ2) is 7.69. The summed E-state index contributed by atoms with van der Waals surface area (Å²) in [6.45, 7) is 5.18. The Hall–Kier alpha value is -2.47. The van der Waals surface area contributed by atoms with E-state index in [4.69, 9.17) is 4.42 Å². The summed E-state index contributed by atoms with van der Waals surface area (Å²) in [5.74, 6) is 1.82. The molecule has 1 aromatic carbocycles. The maximum Gasteiger partial charge on any atom is 0.165 e. The van der Waals surface area contributed by atoms with Gasteiger partial charge >= 0.3 is 0 Å². The average molecular weight is 311 g/mol. The summed E-state index contributed by atoms with van der Waals surface area (Å²) >= 11 is 0. The molecule has 0 atom stereocenters. The van der Waals surface area contributed by atoms with Crippen LogP contribution in [0.15, 0.2) is 53.1 Å². The molecule has 0 N–H and O–H groups in total. The zero-order chi connectivity index (χ0) is 15.9. The summed E-state index contributed by atoms with van der Waals surface area (Å²) in [5, 5.41) is 12.1. The Balaban J connectivity index is 1.75.